The Balaban J connectivity index is 1.81. The topological polar surface area (TPSA) is 52.6 Å². The molecule has 4 aromatic rings. The Morgan fingerprint density at radius 1 is 1.00 bits per heavy atom. The van der Waals surface area contributed by atoms with Crippen LogP contribution in [0.3, 0.4) is 0 Å². The van der Waals surface area contributed by atoms with Gasteiger partial charge in [0.2, 0.25) is 16.9 Å². The van der Waals surface area contributed by atoms with E-state index >= 15 is 0 Å². The van der Waals surface area contributed by atoms with Crippen LogP contribution in [0.4, 0.5) is 0 Å². The molecule has 26 heavy (non-hydrogen) atoms. The van der Waals surface area contributed by atoms with Crippen LogP contribution in [0.15, 0.2) is 74.5 Å². The van der Waals surface area contributed by atoms with Crippen molar-refractivity contribution in [3.63, 3.8) is 0 Å². The van der Waals surface area contributed by atoms with E-state index in [2.05, 4.69) is 0 Å². The third-order valence-corrected chi connectivity index (χ3v) is 4.48. The van der Waals surface area contributed by atoms with Gasteiger partial charge in [0.25, 0.3) is 0 Å². The van der Waals surface area contributed by atoms with Crippen LogP contribution in [0.25, 0.3) is 22.5 Å². The minimum Gasteiger partial charge on any atom is -0.481 e. The molecule has 4 rings (SSSR count). The summed E-state index contributed by atoms with van der Waals surface area (Å²) in [5.74, 6) is 0.721. The normalized spacial score (nSPS) is 11.0. The van der Waals surface area contributed by atoms with Crippen LogP contribution in [-0.4, -0.2) is 0 Å². The summed E-state index contributed by atoms with van der Waals surface area (Å²) in [5.41, 5.74) is 0.887. The smallest absolute Gasteiger partial charge is 0.235 e. The van der Waals surface area contributed by atoms with Crippen molar-refractivity contribution in [2.75, 3.05) is 0 Å². The van der Waals surface area contributed by atoms with E-state index in [-0.39, 0.29) is 23.5 Å². The number of ether oxygens (including phenoxy) is 1. The van der Waals surface area contributed by atoms with Crippen molar-refractivity contribution in [3.05, 3.63) is 86.7 Å². The van der Waals surface area contributed by atoms with Gasteiger partial charge in [-0.2, -0.15) is 0 Å². The molecule has 0 aliphatic heterocycles. The average molecular weight is 387 g/mol. The SMILES string of the molecule is O=c1c(OCc2ccc(Cl)cc2Cl)c(-c2ccco2)oc2ccccc12. The van der Waals surface area contributed by atoms with Gasteiger partial charge in [-0.15, -0.1) is 0 Å². The minimum absolute atomic E-state index is 0.0738. The van der Waals surface area contributed by atoms with Crippen LogP contribution >= 0.6 is 23.2 Å². The molecule has 0 spiro atoms. The molecule has 2 heterocycles. The van der Waals surface area contributed by atoms with Gasteiger partial charge >= 0.3 is 0 Å². The molecule has 2 aromatic heterocycles. The lowest BCUT2D eigenvalue weighted by Crippen LogP contribution is -2.10. The standard InChI is InChI=1S/C20H12Cl2O4/c21-13-8-7-12(15(22)10-13)11-25-20-18(23)14-4-1-2-5-16(14)26-19(20)17-6-3-9-24-17/h1-10H,11H2. The molecule has 0 amide bonds. The summed E-state index contributed by atoms with van der Waals surface area (Å²) in [6.45, 7) is 0.0901. The van der Waals surface area contributed by atoms with E-state index in [9.17, 15) is 4.79 Å². The Kier molecular flexibility index (Phi) is 4.45. The second kappa shape index (κ2) is 6.90. The molecular weight excluding hydrogens is 375 g/mol. The molecule has 0 aliphatic carbocycles. The molecule has 0 saturated carbocycles. The maximum atomic E-state index is 12.9. The zero-order chi connectivity index (χ0) is 18.1. The highest BCUT2D eigenvalue weighted by Crippen LogP contribution is 2.32. The van der Waals surface area contributed by atoms with Crippen molar-refractivity contribution in [3.8, 4) is 17.3 Å². The van der Waals surface area contributed by atoms with E-state index in [0.29, 0.717) is 32.3 Å². The van der Waals surface area contributed by atoms with E-state index in [0.717, 1.165) is 0 Å². The molecule has 0 fully saturated rings. The number of fused-ring (bicyclic) bond motifs is 1. The van der Waals surface area contributed by atoms with E-state index < -0.39 is 0 Å². The molecular formula is C20H12Cl2O4. The monoisotopic (exact) mass is 386 g/mol. The number of benzene rings is 2. The number of rotatable bonds is 4. The summed E-state index contributed by atoms with van der Waals surface area (Å²) in [4.78, 5) is 12.9. The molecule has 0 bridgehead atoms. The summed E-state index contributed by atoms with van der Waals surface area (Å²) in [7, 11) is 0. The van der Waals surface area contributed by atoms with Crippen molar-refractivity contribution in [2.45, 2.75) is 6.61 Å². The fourth-order valence-electron chi connectivity index (χ4n) is 2.61. The van der Waals surface area contributed by atoms with E-state index in [4.69, 9.17) is 36.8 Å². The van der Waals surface area contributed by atoms with Crippen molar-refractivity contribution >= 4 is 34.2 Å². The lowest BCUT2D eigenvalue weighted by molar-refractivity contribution is 0.296. The summed E-state index contributed by atoms with van der Waals surface area (Å²) in [5, 5.41) is 1.42. The molecule has 0 saturated heterocycles. The number of furan rings is 1. The number of hydrogen-bond acceptors (Lipinski definition) is 4. The maximum absolute atomic E-state index is 12.9. The molecule has 0 unspecified atom stereocenters. The second-order valence-corrected chi connectivity index (χ2v) is 6.43. The highest BCUT2D eigenvalue weighted by atomic mass is 35.5. The third-order valence-electron chi connectivity index (χ3n) is 3.89. The highest BCUT2D eigenvalue weighted by Gasteiger charge is 2.20. The summed E-state index contributed by atoms with van der Waals surface area (Å²) in [6.07, 6.45) is 1.50. The maximum Gasteiger partial charge on any atom is 0.235 e. The van der Waals surface area contributed by atoms with E-state index in [1.54, 1.807) is 54.6 Å². The zero-order valence-electron chi connectivity index (χ0n) is 13.4. The van der Waals surface area contributed by atoms with Crippen molar-refractivity contribution in [2.24, 2.45) is 0 Å². The summed E-state index contributed by atoms with van der Waals surface area (Å²) < 4.78 is 17.1. The van der Waals surface area contributed by atoms with E-state index in [1.165, 1.54) is 6.26 Å². The second-order valence-electron chi connectivity index (χ2n) is 5.59. The molecule has 6 heteroatoms. The Labute approximate surface area is 158 Å². The molecule has 0 aliphatic rings. The van der Waals surface area contributed by atoms with Gasteiger partial charge in [0.1, 0.15) is 12.2 Å². The first-order chi connectivity index (χ1) is 12.6. The average Bonchev–Trinajstić information content (AvgIpc) is 3.17. The largest absolute Gasteiger partial charge is 0.481 e. The Morgan fingerprint density at radius 3 is 2.62 bits per heavy atom. The lowest BCUT2D eigenvalue weighted by atomic mass is 10.2. The van der Waals surface area contributed by atoms with Crippen LogP contribution < -0.4 is 10.2 Å². The van der Waals surface area contributed by atoms with Gasteiger partial charge in [0, 0.05) is 15.6 Å². The van der Waals surface area contributed by atoms with Gasteiger partial charge in [-0.05, 0) is 36.4 Å². The third kappa shape index (κ3) is 3.09. The number of para-hydroxylation sites is 1. The van der Waals surface area contributed by atoms with Gasteiger partial charge < -0.3 is 13.6 Å². The Hall–Kier alpha value is -2.69. The molecule has 0 atom stereocenters. The summed E-state index contributed by atoms with van der Waals surface area (Å²) >= 11 is 12.1. The minimum atomic E-state index is -0.275. The number of halogens is 2. The van der Waals surface area contributed by atoms with Crippen LogP contribution in [0.2, 0.25) is 10.0 Å². The van der Waals surface area contributed by atoms with Crippen LogP contribution in [0.1, 0.15) is 5.56 Å². The summed E-state index contributed by atoms with van der Waals surface area (Å²) in [6, 6.07) is 15.5. The fourth-order valence-corrected chi connectivity index (χ4v) is 3.08. The van der Waals surface area contributed by atoms with Gasteiger partial charge in [-0.3, -0.25) is 4.79 Å². The van der Waals surface area contributed by atoms with Gasteiger partial charge in [-0.25, -0.2) is 0 Å². The quantitative estimate of drug-likeness (QED) is 0.435. The fraction of sp³-hybridized carbons (Fsp3) is 0.0500. The highest BCUT2D eigenvalue weighted by molar-refractivity contribution is 6.35. The molecule has 0 radical (unpaired) electrons. The van der Waals surface area contributed by atoms with Gasteiger partial charge in [0.15, 0.2) is 5.76 Å². The number of hydrogen-bond donors (Lipinski definition) is 0. The Bertz CT molecular complexity index is 1130. The van der Waals surface area contributed by atoms with Crippen LogP contribution in [-0.2, 0) is 6.61 Å². The lowest BCUT2D eigenvalue weighted by Gasteiger charge is -2.11. The molecule has 0 N–H and O–H groups in total. The first kappa shape index (κ1) is 16.8. The zero-order valence-corrected chi connectivity index (χ0v) is 14.9. The predicted octanol–water partition coefficient (Wildman–Crippen LogP) is 5.94. The van der Waals surface area contributed by atoms with Crippen molar-refractivity contribution in [1.29, 1.82) is 0 Å². The predicted molar refractivity (Wildman–Crippen MR) is 101 cm³/mol. The Morgan fingerprint density at radius 2 is 1.85 bits per heavy atom. The van der Waals surface area contributed by atoms with Gasteiger partial charge in [-0.1, -0.05) is 41.4 Å². The molecule has 130 valence electrons. The van der Waals surface area contributed by atoms with Crippen molar-refractivity contribution < 1.29 is 13.6 Å². The van der Waals surface area contributed by atoms with Gasteiger partial charge in [0.05, 0.1) is 11.6 Å². The molecule has 4 nitrogen and oxygen atoms in total. The van der Waals surface area contributed by atoms with E-state index in [1.807, 2.05) is 0 Å². The first-order valence-corrected chi connectivity index (χ1v) is 8.55. The van der Waals surface area contributed by atoms with Crippen molar-refractivity contribution in [1.82, 2.24) is 0 Å². The molecule has 2 aromatic carbocycles. The van der Waals surface area contributed by atoms with Crippen LogP contribution in [0.5, 0.6) is 5.75 Å². The first-order valence-electron chi connectivity index (χ1n) is 7.80. The van der Waals surface area contributed by atoms with Crippen LogP contribution in [0, 0.1) is 0 Å².